The van der Waals surface area contributed by atoms with E-state index in [1.165, 1.54) is 38.6 Å². The number of hydrogen-bond acceptors (Lipinski definition) is 4. The Morgan fingerprint density at radius 1 is 1.12 bits per heavy atom. The van der Waals surface area contributed by atoms with E-state index in [2.05, 4.69) is 17.1 Å². The number of carbonyl (C=O) groups excluding carboxylic acids is 2. The van der Waals surface area contributed by atoms with Crippen molar-refractivity contribution in [1.29, 1.82) is 0 Å². The number of nitrogens with one attached hydrogen (secondary N) is 1. The molecule has 6 nitrogen and oxygen atoms in total. The van der Waals surface area contributed by atoms with Crippen molar-refractivity contribution in [2.75, 3.05) is 26.2 Å². The Morgan fingerprint density at radius 3 is 2.76 bits per heavy atom. The van der Waals surface area contributed by atoms with Crippen molar-refractivity contribution in [3.05, 3.63) is 41.1 Å². The molecule has 1 saturated heterocycles. The molecular formula is C27H36N4O2. The van der Waals surface area contributed by atoms with Crippen LogP contribution in [-0.4, -0.2) is 58.8 Å². The Morgan fingerprint density at radius 2 is 1.94 bits per heavy atom. The van der Waals surface area contributed by atoms with Gasteiger partial charge in [-0.05, 0) is 57.2 Å². The van der Waals surface area contributed by atoms with Gasteiger partial charge in [0.2, 0.25) is 0 Å². The molecule has 2 amide bonds. The van der Waals surface area contributed by atoms with Crippen molar-refractivity contribution in [1.82, 2.24) is 20.1 Å². The summed E-state index contributed by atoms with van der Waals surface area (Å²) in [6.45, 7) is 6.82. The predicted molar refractivity (Wildman–Crippen MR) is 130 cm³/mol. The smallest absolute Gasteiger partial charge is 0.273 e. The molecular weight excluding hydrogens is 412 g/mol. The second kappa shape index (κ2) is 9.80. The van der Waals surface area contributed by atoms with Crippen molar-refractivity contribution in [2.45, 2.75) is 70.9 Å². The van der Waals surface area contributed by atoms with Crippen LogP contribution in [0.1, 0.15) is 84.7 Å². The number of aromatic nitrogens is 1. The van der Waals surface area contributed by atoms with Crippen LogP contribution in [0.3, 0.4) is 0 Å². The maximum Gasteiger partial charge on any atom is 0.273 e. The molecule has 5 rings (SSSR count). The van der Waals surface area contributed by atoms with Crippen LogP contribution >= 0.6 is 0 Å². The van der Waals surface area contributed by atoms with Gasteiger partial charge in [0.05, 0.1) is 11.1 Å². The number of para-hydroxylation sites is 1. The van der Waals surface area contributed by atoms with Gasteiger partial charge in [-0.25, -0.2) is 4.98 Å². The van der Waals surface area contributed by atoms with Gasteiger partial charge in [0.25, 0.3) is 11.8 Å². The fourth-order valence-electron chi connectivity index (χ4n) is 5.99. The van der Waals surface area contributed by atoms with Crippen LogP contribution in [0.25, 0.3) is 10.9 Å². The first-order valence-electron chi connectivity index (χ1n) is 12.8. The summed E-state index contributed by atoms with van der Waals surface area (Å²) >= 11 is 0. The Kier molecular flexibility index (Phi) is 6.63. The molecule has 1 saturated carbocycles. The highest BCUT2D eigenvalue weighted by molar-refractivity contribution is 6.11. The third kappa shape index (κ3) is 4.63. The topological polar surface area (TPSA) is 65.5 Å². The number of fused-ring (bicyclic) bond motifs is 2. The Labute approximate surface area is 196 Å². The molecule has 0 spiro atoms. The fourth-order valence-corrected chi connectivity index (χ4v) is 5.99. The largest absolute Gasteiger partial charge is 0.352 e. The van der Waals surface area contributed by atoms with E-state index in [1.807, 2.05) is 29.2 Å². The SMILES string of the molecule is C[C@H]1CCCN(CCCNC(=O)c2c3c(nc4ccccc24)C(=O)N(C2CCCCC2)C3)C1. The third-order valence-electron chi connectivity index (χ3n) is 7.71. The van der Waals surface area contributed by atoms with E-state index in [0.717, 1.165) is 54.7 Å². The van der Waals surface area contributed by atoms with Gasteiger partial charge in [0.15, 0.2) is 0 Å². The molecule has 1 N–H and O–H groups in total. The summed E-state index contributed by atoms with van der Waals surface area (Å²) < 4.78 is 0. The third-order valence-corrected chi connectivity index (χ3v) is 7.71. The van der Waals surface area contributed by atoms with Gasteiger partial charge in [-0.3, -0.25) is 9.59 Å². The molecule has 2 fully saturated rings. The second-order valence-electron chi connectivity index (χ2n) is 10.2. The highest BCUT2D eigenvalue weighted by Gasteiger charge is 2.37. The van der Waals surface area contributed by atoms with Crippen LogP contribution in [0.15, 0.2) is 24.3 Å². The number of pyridine rings is 1. The maximum absolute atomic E-state index is 13.4. The van der Waals surface area contributed by atoms with Gasteiger partial charge in [-0.1, -0.05) is 44.4 Å². The minimum Gasteiger partial charge on any atom is -0.352 e. The van der Waals surface area contributed by atoms with Gasteiger partial charge >= 0.3 is 0 Å². The Bertz CT molecular complexity index is 1030. The summed E-state index contributed by atoms with van der Waals surface area (Å²) in [7, 11) is 0. The van der Waals surface area contributed by atoms with E-state index in [9.17, 15) is 9.59 Å². The van der Waals surface area contributed by atoms with Crippen LogP contribution in [0.2, 0.25) is 0 Å². The van der Waals surface area contributed by atoms with Gasteiger partial charge in [-0.2, -0.15) is 0 Å². The lowest BCUT2D eigenvalue weighted by Crippen LogP contribution is -2.37. The molecule has 2 aromatic rings. The first kappa shape index (κ1) is 22.3. The molecule has 6 heteroatoms. The number of benzene rings is 1. The van der Waals surface area contributed by atoms with Crippen molar-refractivity contribution in [3.8, 4) is 0 Å². The minimum atomic E-state index is -0.0739. The number of hydrogen-bond donors (Lipinski definition) is 1. The van der Waals surface area contributed by atoms with Crippen LogP contribution < -0.4 is 5.32 Å². The van der Waals surface area contributed by atoms with Crippen LogP contribution in [0, 0.1) is 5.92 Å². The molecule has 3 aliphatic rings. The number of carbonyl (C=O) groups is 2. The molecule has 1 atom stereocenters. The Hall–Kier alpha value is -2.47. The highest BCUT2D eigenvalue weighted by atomic mass is 16.2. The number of rotatable bonds is 6. The quantitative estimate of drug-likeness (QED) is 0.666. The Balaban J connectivity index is 1.33. The number of likely N-dealkylation sites (tertiary alicyclic amines) is 1. The number of nitrogens with zero attached hydrogens (tertiary/aromatic N) is 3. The average molecular weight is 449 g/mol. The lowest BCUT2D eigenvalue weighted by atomic mass is 9.94. The van der Waals surface area contributed by atoms with Crippen molar-refractivity contribution < 1.29 is 9.59 Å². The molecule has 3 heterocycles. The lowest BCUT2D eigenvalue weighted by molar-refractivity contribution is 0.0655. The van der Waals surface area contributed by atoms with Crippen LogP contribution in [0.4, 0.5) is 0 Å². The van der Waals surface area contributed by atoms with Gasteiger partial charge in [0.1, 0.15) is 5.69 Å². The number of amides is 2. The zero-order valence-electron chi connectivity index (χ0n) is 19.8. The zero-order chi connectivity index (χ0) is 22.8. The lowest BCUT2D eigenvalue weighted by Gasteiger charge is -2.30. The molecule has 33 heavy (non-hydrogen) atoms. The van der Waals surface area contributed by atoms with E-state index < -0.39 is 0 Å². The van der Waals surface area contributed by atoms with Crippen LogP contribution in [-0.2, 0) is 6.54 Å². The van der Waals surface area contributed by atoms with E-state index in [-0.39, 0.29) is 17.9 Å². The fraction of sp³-hybridized carbons (Fsp3) is 0.593. The minimum absolute atomic E-state index is 0.00378. The maximum atomic E-state index is 13.4. The monoisotopic (exact) mass is 448 g/mol. The standard InChI is InChI=1S/C27H36N4O2/c1-19-9-7-15-30(17-19)16-8-14-28-26(32)24-21-12-5-6-13-23(21)29-25-22(24)18-31(27(25)33)20-10-3-2-4-11-20/h5-6,12-13,19-20H,2-4,7-11,14-18H2,1H3,(H,28,32)/t19-/m0/s1. The van der Waals surface area contributed by atoms with Crippen molar-refractivity contribution in [3.63, 3.8) is 0 Å². The summed E-state index contributed by atoms with van der Waals surface area (Å²) in [5.41, 5.74) is 2.66. The normalized spacial score (nSPS) is 22.0. The molecule has 0 bridgehead atoms. The first-order chi connectivity index (χ1) is 16.1. The predicted octanol–water partition coefficient (Wildman–Crippen LogP) is 4.38. The molecule has 1 aromatic heterocycles. The molecule has 1 aromatic carbocycles. The molecule has 0 radical (unpaired) electrons. The molecule has 176 valence electrons. The van der Waals surface area contributed by atoms with Gasteiger partial charge in [0, 0.05) is 36.6 Å². The average Bonchev–Trinajstić information content (AvgIpc) is 3.16. The van der Waals surface area contributed by atoms with Crippen LogP contribution in [0.5, 0.6) is 0 Å². The molecule has 2 aliphatic heterocycles. The van der Waals surface area contributed by atoms with E-state index in [1.54, 1.807) is 0 Å². The van der Waals surface area contributed by atoms with Crippen molar-refractivity contribution in [2.24, 2.45) is 5.92 Å². The number of piperidine rings is 1. The van der Waals surface area contributed by atoms with E-state index >= 15 is 0 Å². The van der Waals surface area contributed by atoms with Gasteiger partial charge in [-0.15, -0.1) is 0 Å². The van der Waals surface area contributed by atoms with Crippen molar-refractivity contribution >= 4 is 22.7 Å². The van der Waals surface area contributed by atoms with E-state index in [4.69, 9.17) is 4.98 Å². The zero-order valence-corrected chi connectivity index (χ0v) is 19.8. The first-order valence-corrected chi connectivity index (χ1v) is 12.8. The summed E-state index contributed by atoms with van der Waals surface area (Å²) in [5, 5.41) is 4.00. The highest BCUT2D eigenvalue weighted by Crippen LogP contribution is 2.34. The summed E-state index contributed by atoms with van der Waals surface area (Å²) in [6.07, 6.45) is 9.23. The van der Waals surface area contributed by atoms with E-state index in [0.29, 0.717) is 24.3 Å². The summed E-state index contributed by atoms with van der Waals surface area (Å²) in [6, 6.07) is 7.99. The summed E-state index contributed by atoms with van der Waals surface area (Å²) in [5.74, 6) is 0.690. The molecule has 0 unspecified atom stereocenters. The van der Waals surface area contributed by atoms with Gasteiger partial charge < -0.3 is 15.1 Å². The summed E-state index contributed by atoms with van der Waals surface area (Å²) in [4.78, 5) is 35.9. The second-order valence-corrected chi connectivity index (χ2v) is 10.2. The molecule has 1 aliphatic carbocycles.